The van der Waals surface area contributed by atoms with Gasteiger partial charge in [-0.3, -0.25) is 19.2 Å². The van der Waals surface area contributed by atoms with Crippen molar-refractivity contribution < 1.29 is 33.8 Å². The topological polar surface area (TPSA) is 125 Å². The Hall–Kier alpha value is -3.80. The molecule has 3 aliphatic rings. The van der Waals surface area contributed by atoms with Crippen molar-refractivity contribution in [1.82, 2.24) is 10.2 Å². The molecule has 2 N–H and O–H groups in total. The minimum Gasteiger partial charge on any atom is -0.455 e. The third-order valence-electron chi connectivity index (χ3n) is 9.93. The Morgan fingerprint density at radius 3 is 2.47 bits per heavy atom. The lowest BCUT2D eigenvalue weighted by Crippen LogP contribution is -2.57. The molecule has 0 aliphatic carbocycles. The maximum atomic E-state index is 14.9. The Morgan fingerprint density at radius 2 is 1.84 bits per heavy atom. The highest BCUT2D eigenvalue weighted by molar-refractivity contribution is 9.09. The van der Waals surface area contributed by atoms with Crippen LogP contribution in [0.5, 0.6) is 0 Å². The molecular formula is C38H46BrN3O7. The van der Waals surface area contributed by atoms with Crippen LogP contribution in [0.15, 0.2) is 73.8 Å². The number of nitrogens with one attached hydrogen (secondary N) is 1. The molecule has 3 amide bonds. The summed E-state index contributed by atoms with van der Waals surface area (Å²) in [5.41, 5.74) is 1.89. The first-order valence-electron chi connectivity index (χ1n) is 16.9. The maximum Gasteiger partial charge on any atom is 0.313 e. The molecule has 11 heteroatoms. The van der Waals surface area contributed by atoms with Crippen LogP contribution in [-0.2, 0) is 28.7 Å². The molecule has 10 nitrogen and oxygen atoms in total. The minimum atomic E-state index is -1.31. The Morgan fingerprint density at radius 1 is 1.14 bits per heavy atom. The number of nitrogens with zero attached hydrogens (tertiary/aromatic N) is 2. The lowest BCUT2D eigenvalue weighted by atomic mass is 9.70. The minimum absolute atomic E-state index is 0.113. The van der Waals surface area contributed by atoms with E-state index in [9.17, 15) is 24.3 Å². The fourth-order valence-corrected chi connectivity index (χ4v) is 8.84. The van der Waals surface area contributed by atoms with Crippen molar-refractivity contribution in [3.05, 3.63) is 90.5 Å². The Kier molecular flexibility index (Phi) is 11.5. The van der Waals surface area contributed by atoms with E-state index in [1.807, 2.05) is 62.4 Å². The van der Waals surface area contributed by atoms with Crippen LogP contribution in [0.3, 0.4) is 0 Å². The molecule has 1 unspecified atom stereocenters. The number of halogens is 1. The summed E-state index contributed by atoms with van der Waals surface area (Å²) in [6.45, 7) is 13.3. The van der Waals surface area contributed by atoms with Gasteiger partial charge in [-0.25, -0.2) is 0 Å². The van der Waals surface area contributed by atoms with Gasteiger partial charge in [-0.2, -0.15) is 0 Å². The summed E-state index contributed by atoms with van der Waals surface area (Å²) in [5.74, 6) is -3.54. The Bertz CT molecular complexity index is 1560. The molecule has 0 aromatic heterocycles. The quantitative estimate of drug-likeness (QED) is 0.154. The number of carbonyl (C=O) groups excluding carboxylic acids is 4. The van der Waals surface area contributed by atoms with Crippen LogP contribution in [0.2, 0.25) is 0 Å². The molecule has 3 saturated heterocycles. The van der Waals surface area contributed by atoms with Crippen molar-refractivity contribution in [3.8, 4) is 0 Å². The number of para-hydroxylation sites is 1. The number of ether oxygens (including phenoxy) is 2. The van der Waals surface area contributed by atoms with E-state index in [1.54, 1.807) is 24.0 Å². The molecule has 0 saturated carbocycles. The Balaban J connectivity index is 1.51. The molecule has 262 valence electrons. The lowest BCUT2D eigenvalue weighted by Gasteiger charge is -2.38. The van der Waals surface area contributed by atoms with Gasteiger partial charge in [0.2, 0.25) is 11.8 Å². The highest BCUT2D eigenvalue weighted by Gasteiger charge is 2.77. The number of aliphatic hydroxyl groups excluding tert-OH is 1. The number of anilines is 1. The van der Waals surface area contributed by atoms with Crippen LogP contribution in [0, 0.1) is 25.7 Å². The highest BCUT2D eigenvalue weighted by atomic mass is 79.9. The van der Waals surface area contributed by atoms with Crippen molar-refractivity contribution >= 4 is 45.3 Å². The van der Waals surface area contributed by atoms with Crippen molar-refractivity contribution in [2.75, 3.05) is 24.6 Å². The number of aryl methyl sites for hydroxylation is 2. The summed E-state index contributed by atoms with van der Waals surface area (Å²) < 4.78 is 12.9. The van der Waals surface area contributed by atoms with Gasteiger partial charge in [-0.15, -0.1) is 13.2 Å². The van der Waals surface area contributed by atoms with E-state index in [1.165, 1.54) is 4.90 Å². The average molecular weight is 737 g/mol. The van der Waals surface area contributed by atoms with Gasteiger partial charge < -0.3 is 29.7 Å². The van der Waals surface area contributed by atoms with Gasteiger partial charge in [0.05, 0.1) is 24.0 Å². The van der Waals surface area contributed by atoms with Crippen LogP contribution in [-0.4, -0.2) is 82.0 Å². The molecule has 3 aliphatic heterocycles. The monoisotopic (exact) mass is 735 g/mol. The largest absolute Gasteiger partial charge is 0.455 e. The molecule has 2 bridgehead atoms. The predicted molar refractivity (Wildman–Crippen MR) is 190 cm³/mol. The van der Waals surface area contributed by atoms with Crippen LogP contribution in [0.25, 0.3) is 0 Å². The van der Waals surface area contributed by atoms with Gasteiger partial charge in [-0.05, 0) is 56.7 Å². The molecular weight excluding hydrogens is 690 g/mol. The average Bonchev–Trinajstić information content (AvgIpc) is 3.67. The number of aliphatic hydroxyl groups is 1. The fourth-order valence-electron chi connectivity index (χ4n) is 7.90. The van der Waals surface area contributed by atoms with Crippen molar-refractivity contribution in [1.29, 1.82) is 0 Å². The second-order valence-corrected chi connectivity index (χ2v) is 14.4. The lowest BCUT2D eigenvalue weighted by molar-refractivity contribution is -0.162. The van der Waals surface area contributed by atoms with Crippen molar-refractivity contribution in [2.24, 2.45) is 11.8 Å². The number of esters is 1. The number of hydrogen-bond acceptors (Lipinski definition) is 7. The van der Waals surface area contributed by atoms with Crippen LogP contribution >= 0.6 is 15.9 Å². The number of allylic oxidation sites excluding steroid dienone is 1. The summed E-state index contributed by atoms with van der Waals surface area (Å²) in [5, 5.41) is 12.7. The second kappa shape index (κ2) is 15.4. The third-order valence-corrected chi connectivity index (χ3v) is 10.8. The zero-order valence-electron chi connectivity index (χ0n) is 28.3. The van der Waals surface area contributed by atoms with Crippen LogP contribution < -0.4 is 10.2 Å². The van der Waals surface area contributed by atoms with Crippen LogP contribution in [0.1, 0.15) is 55.4 Å². The molecule has 3 heterocycles. The predicted octanol–water partition coefficient (Wildman–Crippen LogP) is 4.71. The first kappa shape index (κ1) is 36.5. The molecule has 49 heavy (non-hydrogen) atoms. The number of amides is 3. The van der Waals surface area contributed by atoms with E-state index in [-0.39, 0.29) is 55.1 Å². The zero-order chi connectivity index (χ0) is 35.5. The standard InChI is InChI=1S/C38H46BrN3O7/c1-6-8-18-28(44)40-25(5)32(26-16-10-9-11-17-26)48-37(47)29-30-35(45)42(20-13-21-43)34(38(30)22-27(39)33(29)49-38)36(46)41(19-7-2)31-23(3)14-12-15-24(31)4/h6-7,9-12,14-17,25,27,29-30,32-34,43H,1-2,8,13,18-22H2,3-5H3,(H,40,44)/t25-,27?,29+,30-,32-,33+,34+,38-/m1/s1. The van der Waals surface area contributed by atoms with E-state index in [0.717, 1.165) is 16.8 Å². The number of rotatable bonds is 15. The number of likely N-dealkylation sites (tertiary alicyclic amines) is 1. The van der Waals surface area contributed by atoms with Crippen molar-refractivity contribution in [3.63, 3.8) is 0 Å². The number of benzene rings is 2. The first-order chi connectivity index (χ1) is 23.5. The molecule has 8 atom stereocenters. The molecule has 3 fully saturated rings. The van der Waals surface area contributed by atoms with Gasteiger partial charge in [0, 0.05) is 36.6 Å². The van der Waals surface area contributed by atoms with Crippen molar-refractivity contribution in [2.45, 2.75) is 81.2 Å². The molecule has 5 rings (SSSR count). The summed E-state index contributed by atoms with van der Waals surface area (Å²) in [4.78, 5) is 59.2. The maximum absolute atomic E-state index is 14.9. The normalized spacial score (nSPS) is 26.5. The second-order valence-electron chi connectivity index (χ2n) is 13.2. The van der Waals surface area contributed by atoms with E-state index in [0.29, 0.717) is 18.4 Å². The fraction of sp³-hybridized carbons (Fsp3) is 0.474. The van der Waals surface area contributed by atoms with E-state index >= 15 is 0 Å². The summed E-state index contributed by atoms with van der Waals surface area (Å²) >= 11 is 3.73. The number of fused-ring (bicyclic) bond motifs is 1. The highest BCUT2D eigenvalue weighted by Crippen LogP contribution is 2.60. The summed E-state index contributed by atoms with van der Waals surface area (Å²) in [7, 11) is 0. The SMILES string of the molecule is C=CCCC(=O)N[C@H](C)[C@@H](OC(=O)[C@@H]1[C@H]2O[C@@]3(CC2Br)[C@H](C(=O)N(CC=C)c2c(C)cccc2C)N(CCCO)C(=O)[C@@H]13)c1ccccc1. The van der Waals surface area contributed by atoms with Gasteiger partial charge in [0.25, 0.3) is 5.91 Å². The number of alkyl halides is 1. The number of carbonyl (C=O) groups is 4. The third kappa shape index (κ3) is 6.85. The van der Waals surface area contributed by atoms with E-state index in [2.05, 4.69) is 34.4 Å². The Labute approximate surface area is 296 Å². The summed E-state index contributed by atoms with van der Waals surface area (Å²) in [6.07, 6.45) is 3.07. The smallest absolute Gasteiger partial charge is 0.313 e. The molecule has 1 spiro atoms. The van der Waals surface area contributed by atoms with E-state index in [4.69, 9.17) is 9.47 Å². The van der Waals surface area contributed by atoms with Crippen LogP contribution in [0.4, 0.5) is 5.69 Å². The van der Waals surface area contributed by atoms with Gasteiger partial charge in [0.1, 0.15) is 17.7 Å². The molecule has 0 radical (unpaired) electrons. The molecule has 2 aromatic carbocycles. The molecule has 2 aromatic rings. The first-order valence-corrected chi connectivity index (χ1v) is 17.8. The zero-order valence-corrected chi connectivity index (χ0v) is 29.9. The summed E-state index contributed by atoms with van der Waals surface area (Å²) in [6, 6.07) is 13.3. The van der Waals surface area contributed by atoms with Gasteiger partial charge in [-0.1, -0.05) is 76.6 Å². The van der Waals surface area contributed by atoms with E-state index < -0.39 is 47.7 Å². The van der Waals surface area contributed by atoms with Gasteiger partial charge in [0.15, 0.2) is 0 Å². The number of hydrogen-bond donors (Lipinski definition) is 2. The van der Waals surface area contributed by atoms with Gasteiger partial charge >= 0.3 is 5.97 Å².